The van der Waals surface area contributed by atoms with Crippen LogP contribution in [0.5, 0.6) is 0 Å². The summed E-state index contributed by atoms with van der Waals surface area (Å²) in [5.74, 6) is 0.245. The molecule has 116 valence electrons. The molecule has 1 fully saturated rings. The van der Waals surface area contributed by atoms with Crippen LogP contribution in [-0.4, -0.2) is 36.5 Å². The Labute approximate surface area is 126 Å². The number of halogens is 1. The summed E-state index contributed by atoms with van der Waals surface area (Å²) in [6, 6.07) is 4.86. The Morgan fingerprint density at radius 1 is 1.48 bits per heavy atom. The lowest BCUT2D eigenvalue weighted by molar-refractivity contribution is 0.0671. The molecule has 0 saturated carbocycles. The van der Waals surface area contributed by atoms with E-state index in [2.05, 4.69) is 19.2 Å². The van der Waals surface area contributed by atoms with Gasteiger partial charge in [-0.2, -0.15) is 0 Å². The third-order valence-electron chi connectivity index (χ3n) is 4.04. The average molecular weight is 292 g/mol. The highest BCUT2D eigenvalue weighted by Crippen LogP contribution is 2.20. The fourth-order valence-electron chi connectivity index (χ4n) is 2.86. The third kappa shape index (κ3) is 4.27. The second-order valence-corrected chi connectivity index (χ2v) is 6.28. The minimum Gasteiger partial charge on any atom is -0.338 e. The number of likely N-dealkylation sites (tertiary alicyclic amines) is 1. The quantitative estimate of drug-likeness (QED) is 0.925. The Morgan fingerprint density at radius 3 is 2.90 bits per heavy atom. The van der Waals surface area contributed by atoms with Gasteiger partial charge in [0.15, 0.2) is 0 Å². The molecule has 1 amide bonds. The fraction of sp³-hybridized carbons (Fsp3) is 0.588. The first-order chi connectivity index (χ1) is 9.97. The summed E-state index contributed by atoms with van der Waals surface area (Å²) in [5, 5.41) is 3.45. The van der Waals surface area contributed by atoms with Crippen molar-refractivity contribution in [3.63, 3.8) is 0 Å². The summed E-state index contributed by atoms with van der Waals surface area (Å²) < 4.78 is 13.2. The molecule has 0 aromatic heterocycles. The highest BCUT2D eigenvalue weighted by Gasteiger charge is 2.25. The molecule has 1 aliphatic rings. The Hall–Kier alpha value is -1.42. The van der Waals surface area contributed by atoms with Gasteiger partial charge in [-0.25, -0.2) is 4.39 Å². The van der Waals surface area contributed by atoms with Crippen molar-refractivity contribution in [2.45, 2.75) is 39.7 Å². The van der Waals surface area contributed by atoms with Gasteiger partial charge in [0.1, 0.15) is 5.82 Å². The van der Waals surface area contributed by atoms with Crippen molar-refractivity contribution in [3.8, 4) is 0 Å². The first-order valence-electron chi connectivity index (χ1n) is 7.76. The highest BCUT2D eigenvalue weighted by molar-refractivity contribution is 5.95. The maximum atomic E-state index is 13.2. The molecule has 0 bridgehead atoms. The van der Waals surface area contributed by atoms with Gasteiger partial charge in [-0.1, -0.05) is 13.8 Å². The summed E-state index contributed by atoms with van der Waals surface area (Å²) >= 11 is 0. The smallest absolute Gasteiger partial charge is 0.254 e. The van der Waals surface area contributed by atoms with Crippen LogP contribution in [0.4, 0.5) is 4.39 Å². The second-order valence-electron chi connectivity index (χ2n) is 6.28. The molecule has 0 aliphatic carbocycles. The molecule has 1 saturated heterocycles. The lowest BCUT2D eigenvalue weighted by Gasteiger charge is -2.33. The maximum Gasteiger partial charge on any atom is 0.254 e. The normalized spacial score (nSPS) is 19.1. The SMILES string of the molecule is Cc1cc(F)ccc1C(=O)N1CCCC(CNC(C)C)C1. The summed E-state index contributed by atoms with van der Waals surface area (Å²) in [5.41, 5.74) is 1.33. The minimum absolute atomic E-state index is 0.0294. The number of nitrogens with zero attached hydrogens (tertiary/aromatic N) is 1. The van der Waals surface area contributed by atoms with Gasteiger partial charge in [-0.15, -0.1) is 0 Å². The van der Waals surface area contributed by atoms with Crippen LogP contribution >= 0.6 is 0 Å². The fourth-order valence-corrected chi connectivity index (χ4v) is 2.86. The van der Waals surface area contributed by atoms with E-state index in [-0.39, 0.29) is 11.7 Å². The number of rotatable bonds is 4. The molecule has 1 unspecified atom stereocenters. The van der Waals surface area contributed by atoms with Gasteiger partial charge in [0, 0.05) is 24.7 Å². The number of hydrogen-bond donors (Lipinski definition) is 1. The Balaban J connectivity index is 2.01. The number of piperidine rings is 1. The van der Waals surface area contributed by atoms with Crippen molar-refractivity contribution >= 4 is 5.91 Å². The summed E-state index contributed by atoms with van der Waals surface area (Å²) in [7, 11) is 0. The van der Waals surface area contributed by atoms with Crippen molar-refractivity contribution in [1.82, 2.24) is 10.2 Å². The molecular weight excluding hydrogens is 267 g/mol. The predicted octanol–water partition coefficient (Wildman–Crippen LogP) is 2.98. The molecule has 1 aromatic rings. The molecule has 0 spiro atoms. The van der Waals surface area contributed by atoms with Gasteiger partial charge >= 0.3 is 0 Å². The largest absolute Gasteiger partial charge is 0.338 e. The molecule has 1 aliphatic heterocycles. The Bertz CT molecular complexity index is 502. The van der Waals surface area contributed by atoms with Crippen LogP contribution in [0.2, 0.25) is 0 Å². The molecule has 2 rings (SSSR count). The zero-order valence-electron chi connectivity index (χ0n) is 13.2. The van der Waals surface area contributed by atoms with Crippen LogP contribution in [0.15, 0.2) is 18.2 Å². The van der Waals surface area contributed by atoms with Crippen LogP contribution in [0.3, 0.4) is 0 Å². The van der Waals surface area contributed by atoms with Gasteiger partial charge in [0.25, 0.3) is 5.91 Å². The lowest BCUT2D eigenvalue weighted by atomic mass is 9.96. The van der Waals surface area contributed by atoms with E-state index in [0.29, 0.717) is 23.1 Å². The summed E-state index contributed by atoms with van der Waals surface area (Å²) in [6.45, 7) is 8.59. The van der Waals surface area contributed by atoms with Gasteiger partial charge in [-0.05, 0) is 56.0 Å². The highest BCUT2D eigenvalue weighted by atomic mass is 19.1. The van der Waals surface area contributed by atoms with E-state index < -0.39 is 0 Å². The summed E-state index contributed by atoms with van der Waals surface area (Å²) in [6.07, 6.45) is 2.20. The van der Waals surface area contributed by atoms with E-state index in [1.807, 2.05) is 4.90 Å². The average Bonchev–Trinajstić information content (AvgIpc) is 2.45. The van der Waals surface area contributed by atoms with Crippen molar-refractivity contribution in [2.75, 3.05) is 19.6 Å². The zero-order valence-corrected chi connectivity index (χ0v) is 13.2. The molecule has 1 heterocycles. The lowest BCUT2D eigenvalue weighted by Crippen LogP contribution is -2.43. The van der Waals surface area contributed by atoms with E-state index in [9.17, 15) is 9.18 Å². The topological polar surface area (TPSA) is 32.3 Å². The van der Waals surface area contributed by atoms with E-state index in [1.54, 1.807) is 13.0 Å². The third-order valence-corrected chi connectivity index (χ3v) is 4.04. The number of hydrogen-bond acceptors (Lipinski definition) is 2. The predicted molar refractivity (Wildman–Crippen MR) is 82.9 cm³/mol. The number of carbonyl (C=O) groups excluding carboxylic acids is 1. The first kappa shape index (κ1) is 16.0. The molecule has 21 heavy (non-hydrogen) atoms. The van der Waals surface area contributed by atoms with E-state index in [4.69, 9.17) is 0 Å². The zero-order chi connectivity index (χ0) is 15.4. The van der Waals surface area contributed by atoms with Crippen molar-refractivity contribution in [3.05, 3.63) is 35.1 Å². The summed E-state index contributed by atoms with van der Waals surface area (Å²) in [4.78, 5) is 14.5. The molecular formula is C17H25FN2O. The molecule has 1 aromatic carbocycles. The number of amides is 1. The molecule has 4 heteroatoms. The van der Waals surface area contributed by atoms with Gasteiger partial charge in [0.05, 0.1) is 0 Å². The minimum atomic E-state index is -0.290. The van der Waals surface area contributed by atoms with E-state index in [1.165, 1.54) is 12.1 Å². The Kier molecular flexibility index (Phi) is 5.34. The van der Waals surface area contributed by atoms with Crippen LogP contribution in [-0.2, 0) is 0 Å². The number of carbonyl (C=O) groups is 1. The monoisotopic (exact) mass is 292 g/mol. The second kappa shape index (κ2) is 7.03. The standard InChI is InChI=1S/C17H25FN2O/c1-12(2)19-10-14-5-4-8-20(11-14)17(21)16-7-6-15(18)9-13(16)3/h6-7,9,12,14,19H,4-5,8,10-11H2,1-3H3. The van der Waals surface area contributed by atoms with E-state index >= 15 is 0 Å². The van der Waals surface area contributed by atoms with E-state index in [0.717, 1.165) is 32.5 Å². The first-order valence-corrected chi connectivity index (χ1v) is 7.76. The van der Waals surface area contributed by atoms with Crippen molar-refractivity contribution < 1.29 is 9.18 Å². The van der Waals surface area contributed by atoms with Gasteiger partial charge in [-0.3, -0.25) is 4.79 Å². The number of nitrogens with one attached hydrogen (secondary N) is 1. The Morgan fingerprint density at radius 2 is 2.24 bits per heavy atom. The van der Waals surface area contributed by atoms with Crippen LogP contribution in [0.1, 0.15) is 42.6 Å². The van der Waals surface area contributed by atoms with Crippen molar-refractivity contribution in [2.24, 2.45) is 5.92 Å². The van der Waals surface area contributed by atoms with Crippen molar-refractivity contribution in [1.29, 1.82) is 0 Å². The maximum absolute atomic E-state index is 13.2. The molecule has 0 radical (unpaired) electrons. The van der Waals surface area contributed by atoms with Crippen LogP contribution in [0.25, 0.3) is 0 Å². The number of aryl methyl sites for hydroxylation is 1. The molecule has 1 atom stereocenters. The van der Waals surface area contributed by atoms with Gasteiger partial charge < -0.3 is 10.2 Å². The van der Waals surface area contributed by atoms with Crippen LogP contribution in [0, 0.1) is 18.7 Å². The number of benzene rings is 1. The van der Waals surface area contributed by atoms with Crippen LogP contribution < -0.4 is 5.32 Å². The van der Waals surface area contributed by atoms with Gasteiger partial charge in [0.2, 0.25) is 0 Å². The molecule has 3 nitrogen and oxygen atoms in total. The molecule has 1 N–H and O–H groups in total.